The summed E-state index contributed by atoms with van der Waals surface area (Å²) in [7, 11) is 0. The van der Waals surface area contributed by atoms with Gasteiger partial charge in [-0.2, -0.15) is 0 Å². The lowest BCUT2D eigenvalue weighted by Gasteiger charge is -2.07. The predicted octanol–water partition coefficient (Wildman–Crippen LogP) is 2.25. The summed E-state index contributed by atoms with van der Waals surface area (Å²) in [6.07, 6.45) is 3.66. The number of aliphatic carboxylic acids is 1. The first kappa shape index (κ1) is 16.0. The molecular weight excluding hydrogens is 256 g/mol. The van der Waals surface area contributed by atoms with Crippen molar-refractivity contribution in [1.82, 2.24) is 5.32 Å². The molecule has 5 heteroatoms. The monoisotopic (exact) mass is 278 g/mol. The van der Waals surface area contributed by atoms with Crippen molar-refractivity contribution >= 4 is 17.6 Å². The van der Waals surface area contributed by atoms with Crippen molar-refractivity contribution in [2.75, 3.05) is 18.4 Å². The van der Waals surface area contributed by atoms with Gasteiger partial charge in [0, 0.05) is 18.7 Å². The Bertz CT molecular complexity index is 407. The van der Waals surface area contributed by atoms with Crippen LogP contribution in [0, 0.1) is 0 Å². The smallest absolute Gasteiger partial charge is 0.303 e. The van der Waals surface area contributed by atoms with Gasteiger partial charge in [-0.05, 0) is 25.0 Å². The highest BCUT2D eigenvalue weighted by molar-refractivity contribution is 5.80. The number of carbonyl (C=O) groups excluding carboxylic acids is 1. The number of rotatable bonds is 10. The molecule has 0 aliphatic carbocycles. The lowest BCUT2D eigenvalue weighted by atomic mass is 10.1. The van der Waals surface area contributed by atoms with E-state index < -0.39 is 5.97 Å². The molecule has 1 amide bonds. The zero-order valence-corrected chi connectivity index (χ0v) is 11.6. The second-order valence-electron chi connectivity index (χ2n) is 4.63. The van der Waals surface area contributed by atoms with E-state index in [-0.39, 0.29) is 18.9 Å². The summed E-state index contributed by atoms with van der Waals surface area (Å²) < 4.78 is 0. The maximum absolute atomic E-state index is 11.5. The first-order chi connectivity index (χ1) is 9.68. The number of nitrogens with one attached hydrogen (secondary N) is 2. The highest BCUT2D eigenvalue weighted by atomic mass is 16.4. The van der Waals surface area contributed by atoms with Gasteiger partial charge in [0.15, 0.2) is 0 Å². The van der Waals surface area contributed by atoms with Gasteiger partial charge in [0.1, 0.15) is 0 Å². The zero-order chi connectivity index (χ0) is 14.6. The van der Waals surface area contributed by atoms with E-state index in [0.717, 1.165) is 24.9 Å². The quantitative estimate of drug-likeness (QED) is 0.574. The van der Waals surface area contributed by atoms with Gasteiger partial charge >= 0.3 is 5.97 Å². The van der Waals surface area contributed by atoms with Crippen LogP contribution in [0.25, 0.3) is 0 Å². The normalized spacial score (nSPS) is 10.0. The molecule has 0 fully saturated rings. The molecule has 0 bridgehead atoms. The van der Waals surface area contributed by atoms with Crippen molar-refractivity contribution in [2.24, 2.45) is 0 Å². The Balaban J connectivity index is 1.96. The molecule has 3 N–H and O–H groups in total. The van der Waals surface area contributed by atoms with E-state index in [1.165, 1.54) is 0 Å². The van der Waals surface area contributed by atoms with Gasteiger partial charge in [0.25, 0.3) is 0 Å². The van der Waals surface area contributed by atoms with Crippen molar-refractivity contribution < 1.29 is 14.7 Å². The van der Waals surface area contributed by atoms with Gasteiger partial charge in [0.2, 0.25) is 5.91 Å². The fourth-order valence-corrected chi connectivity index (χ4v) is 1.78. The van der Waals surface area contributed by atoms with Crippen LogP contribution in [-0.4, -0.2) is 30.1 Å². The Labute approximate surface area is 119 Å². The number of carboxylic acids is 1. The minimum Gasteiger partial charge on any atom is -0.481 e. The zero-order valence-electron chi connectivity index (χ0n) is 11.6. The summed E-state index contributed by atoms with van der Waals surface area (Å²) in [6.45, 7) is 0.908. The molecule has 20 heavy (non-hydrogen) atoms. The summed E-state index contributed by atoms with van der Waals surface area (Å²) in [4.78, 5) is 21.8. The highest BCUT2D eigenvalue weighted by Gasteiger charge is 2.00. The van der Waals surface area contributed by atoms with E-state index >= 15 is 0 Å². The van der Waals surface area contributed by atoms with Crippen molar-refractivity contribution in [1.29, 1.82) is 0 Å². The molecule has 0 heterocycles. The molecule has 0 saturated carbocycles. The topological polar surface area (TPSA) is 78.4 Å². The van der Waals surface area contributed by atoms with E-state index in [0.29, 0.717) is 13.0 Å². The number of amides is 1. The molecule has 5 nitrogen and oxygen atoms in total. The van der Waals surface area contributed by atoms with Crippen LogP contribution in [0.15, 0.2) is 30.3 Å². The third kappa shape index (κ3) is 8.13. The van der Waals surface area contributed by atoms with Crippen LogP contribution in [-0.2, 0) is 9.59 Å². The summed E-state index contributed by atoms with van der Waals surface area (Å²) in [5.41, 5.74) is 0.927. The van der Waals surface area contributed by atoms with Crippen LogP contribution in [0.5, 0.6) is 0 Å². The van der Waals surface area contributed by atoms with Crippen LogP contribution in [0.3, 0.4) is 0 Å². The average molecular weight is 278 g/mol. The Morgan fingerprint density at radius 2 is 1.70 bits per heavy atom. The van der Waals surface area contributed by atoms with Gasteiger partial charge in [-0.25, -0.2) is 0 Å². The van der Waals surface area contributed by atoms with E-state index in [9.17, 15) is 9.59 Å². The van der Waals surface area contributed by atoms with Gasteiger partial charge in [-0.3, -0.25) is 9.59 Å². The molecule has 110 valence electrons. The number of hydrogen-bond donors (Lipinski definition) is 3. The third-order valence-corrected chi connectivity index (χ3v) is 2.87. The van der Waals surface area contributed by atoms with E-state index in [2.05, 4.69) is 10.6 Å². The molecule has 0 aliphatic rings. The second-order valence-corrected chi connectivity index (χ2v) is 4.63. The predicted molar refractivity (Wildman–Crippen MR) is 78.7 cm³/mol. The Hall–Kier alpha value is -2.04. The number of benzene rings is 1. The Morgan fingerprint density at radius 1 is 1.00 bits per heavy atom. The van der Waals surface area contributed by atoms with Crippen LogP contribution in [0.1, 0.15) is 32.1 Å². The standard InChI is InChI=1S/C15H22N2O3/c18-14(12-17-13-8-4-3-5-9-13)16-11-7-2-1-6-10-15(19)20/h3-5,8-9,17H,1-2,6-7,10-12H2,(H,16,18)(H,19,20). The van der Waals surface area contributed by atoms with Gasteiger partial charge in [-0.15, -0.1) is 0 Å². The number of unbranched alkanes of at least 4 members (excludes halogenated alkanes) is 3. The number of carbonyl (C=O) groups is 2. The van der Waals surface area contributed by atoms with E-state index in [1.807, 2.05) is 30.3 Å². The summed E-state index contributed by atoms with van der Waals surface area (Å²) >= 11 is 0. The average Bonchev–Trinajstić information content (AvgIpc) is 2.45. The minimum atomic E-state index is -0.745. The van der Waals surface area contributed by atoms with Gasteiger partial charge < -0.3 is 15.7 Å². The molecule has 0 atom stereocenters. The van der Waals surface area contributed by atoms with Gasteiger partial charge in [0.05, 0.1) is 6.54 Å². The summed E-state index contributed by atoms with van der Waals surface area (Å²) in [6, 6.07) is 9.58. The number of para-hydroxylation sites is 1. The largest absolute Gasteiger partial charge is 0.481 e. The van der Waals surface area contributed by atoms with Crippen LogP contribution >= 0.6 is 0 Å². The summed E-state index contributed by atoms with van der Waals surface area (Å²) in [5, 5.41) is 14.4. The van der Waals surface area contributed by atoms with Crippen molar-refractivity contribution in [2.45, 2.75) is 32.1 Å². The number of hydrogen-bond acceptors (Lipinski definition) is 3. The van der Waals surface area contributed by atoms with Gasteiger partial charge in [-0.1, -0.05) is 31.0 Å². The fraction of sp³-hybridized carbons (Fsp3) is 0.467. The maximum Gasteiger partial charge on any atom is 0.303 e. The summed E-state index contributed by atoms with van der Waals surface area (Å²) in [5.74, 6) is -0.773. The van der Waals surface area contributed by atoms with Crippen LogP contribution in [0.2, 0.25) is 0 Å². The molecule has 0 spiro atoms. The molecular formula is C15H22N2O3. The van der Waals surface area contributed by atoms with Crippen LogP contribution < -0.4 is 10.6 Å². The number of carboxylic acid groups (broad SMARTS) is 1. The first-order valence-electron chi connectivity index (χ1n) is 6.96. The minimum absolute atomic E-state index is 0.0283. The molecule has 1 aromatic carbocycles. The van der Waals surface area contributed by atoms with E-state index in [4.69, 9.17) is 5.11 Å². The highest BCUT2D eigenvalue weighted by Crippen LogP contribution is 2.04. The first-order valence-corrected chi connectivity index (χ1v) is 6.96. The number of anilines is 1. The molecule has 0 unspecified atom stereocenters. The van der Waals surface area contributed by atoms with Crippen molar-refractivity contribution in [3.05, 3.63) is 30.3 Å². The third-order valence-electron chi connectivity index (χ3n) is 2.87. The molecule has 0 saturated heterocycles. The molecule has 1 rings (SSSR count). The van der Waals surface area contributed by atoms with E-state index in [1.54, 1.807) is 0 Å². The van der Waals surface area contributed by atoms with Crippen LogP contribution in [0.4, 0.5) is 5.69 Å². The second kappa shape index (κ2) is 9.83. The Morgan fingerprint density at radius 3 is 2.40 bits per heavy atom. The van der Waals surface area contributed by atoms with Crippen molar-refractivity contribution in [3.8, 4) is 0 Å². The van der Waals surface area contributed by atoms with Crippen molar-refractivity contribution in [3.63, 3.8) is 0 Å². The molecule has 0 aliphatic heterocycles. The molecule has 0 aromatic heterocycles. The Kier molecular flexibility index (Phi) is 7.87. The molecule has 0 radical (unpaired) electrons. The lowest BCUT2D eigenvalue weighted by Crippen LogP contribution is -2.30. The lowest BCUT2D eigenvalue weighted by molar-refractivity contribution is -0.137. The molecule has 1 aromatic rings. The maximum atomic E-state index is 11.5. The SMILES string of the molecule is O=C(O)CCCCCCNC(=O)CNc1ccccc1. The fourth-order valence-electron chi connectivity index (χ4n) is 1.78.